The van der Waals surface area contributed by atoms with Crippen LogP contribution in [-0.4, -0.2) is 23.8 Å². The van der Waals surface area contributed by atoms with Crippen molar-refractivity contribution in [1.82, 2.24) is 0 Å². The Hall–Kier alpha value is -0.570. The Morgan fingerprint density at radius 3 is 2.00 bits per heavy atom. The van der Waals surface area contributed by atoms with Crippen LogP contribution in [0.25, 0.3) is 0 Å². The lowest BCUT2D eigenvalue weighted by molar-refractivity contribution is -0.171. The van der Waals surface area contributed by atoms with Crippen LogP contribution in [-0.2, 0) is 9.53 Å². The van der Waals surface area contributed by atoms with E-state index in [1.54, 1.807) is 6.92 Å². The fourth-order valence-electron chi connectivity index (χ4n) is 5.46. The Kier molecular flexibility index (Phi) is 2.74. The summed E-state index contributed by atoms with van der Waals surface area (Å²) in [6, 6.07) is 0. The van der Waals surface area contributed by atoms with E-state index in [1.165, 1.54) is 45.6 Å². The minimum atomic E-state index is -0.994. The predicted octanol–water partition coefficient (Wildman–Crippen LogP) is 3.08. The number of hydrogen-bond donors (Lipinski definition) is 1. The lowest BCUT2D eigenvalue weighted by Crippen LogP contribution is -2.51. The lowest BCUT2D eigenvalue weighted by atomic mass is 9.48. The first-order valence-corrected chi connectivity index (χ1v) is 7.23. The number of methoxy groups -OCH3 is 1. The maximum Gasteiger partial charge on any atom is 0.335 e. The SMILES string of the molecule is COC(C)(CC12CC3CC(CC(C3)C1)C2)C(=O)O. The van der Waals surface area contributed by atoms with Gasteiger partial charge in [0.2, 0.25) is 0 Å². The van der Waals surface area contributed by atoms with Crippen LogP contribution in [0.5, 0.6) is 0 Å². The minimum Gasteiger partial charge on any atom is -0.479 e. The predicted molar refractivity (Wildman–Crippen MR) is 68.3 cm³/mol. The lowest BCUT2D eigenvalue weighted by Gasteiger charge is -2.58. The summed E-state index contributed by atoms with van der Waals surface area (Å²) in [6.07, 6.45) is 8.62. The first-order chi connectivity index (χ1) is 8.45. The average Bonchev–Trinajstić information content (AvgIpc) is 2.25. The van der Waals surface area contributed by atoms with Gasteiger partial charge >= 0.3 is 5.97 Å². The zero-order chi connectivity index (χ0) is 13.0. The van der Waals surface area contributed by atoms with Crippen molar-refractivity contribution in [3.8, 4) is 0 Å². The average molecular weight is 252 g/mol. The molecule has 0 spiro atoms. The second-order valence-electron chi connectivity index (χ2n) is 7.33. The van der Waals surface area contributed by atoms with Gasteiger partial charge in [0, 0.05) is 7.11 Å². The number of carboxylic acids is 1. The van der Waals surface area contributed by atoms with Crippen molar-refractivity contribution in [2.45, 2.75) is 57.5 Å². The smallest absolute Gasteiger partial charge is 0.335 e. The van der Waals surface area contributed by atoms with Crippen molar-refractivity contribution in [1.29, 1.82) is 0 Å². The van der Waals surface area contributed by atoms with Gasteiger partial charge in [0.05, 0.1) is 0 Å². The number of ether oxygens (including phenoxy) is 1. The molecule has 102 valence electrons. The Balaban J connectivity index is 1.81. The minimum absolute atomic E-state index is 0.262. The van der Waals surface area contributed by atoms with Crippen LogP contribution in [0.1, 0.15) is 51.9 Å². The molecule has 0 aromatic rings. The van der Waals surface area contributed by atoms with Gasteiger partial charge in [-0.05, 0) is 75.0 Å². The highest BCUT2D eigenvalue weighted by molar-refractivity contribution is 5.77. The monoisotopic (exact) mass is 252 g/mol. The molecule has 4 bridgehead atoms. The van der Waals surface area contributed by atoms with Crippen LogP contribution < -0.4 is 0 Å². The quantitative estimate of drug-likeness (QED) is 0.836. The summed E-state index contributed by atoms with van der Waals surface area (Å²) >= 11 is 0. The highest BCUT2D eigenvalue weighted by Gasteiger charge is 2.54. The van der Waals surface area contributed by atoms with Crippen molar-refractivity contribution < 1.29 is 14.6 Å². The molecule has 1 N–H and O–H groups in total. The van der Waals surface area contributed by atoms with Crippen LogP contribution in [0.2, 0.25) is 0 Å². The van der Waals surface area contributed by atoms with Crippen LogP contribution in [0.15, 0.2) is 0 Å². The van der Waals surface area contributed by atoms with Gasteiger partial charge in [0.25, 0.3) is 0 Å². The molecule has 0 aromatic carbocycles. The van der Waals surface area contributed by atoms with Crippen molar-refractivity contribution in [3.05, 3.63) is 0 Å². The molecular weight excluding hydrogens is 228 g/mol. The highest BCUT2D eigenvalue weighted by Crippen LogP contribution is 2.62. The van der Waals surface area contributed by atoms with Gasteiger partial charge in [-0.1, -0.05) is 0 Å². The standard InChI is InChI=1S/C15H24O3/c1-14(18-2,13(16)17)9-15-6-10-3-11(7-15)5-12(4-10)8-15/h10-12H,3-9H2,1-2H3,(H,16,17). The van der Waals surface area contributed by atoms with E-state index in [2.05, 4.69) is 0 Å². The van der Waals surface area contributed by atoms with Crippen molar-refractivity contribution in [2.24, 2.45) is 23.2 Å². The molecule has 0 aliphatic heterocycles. The first kappa shape index (κ1) is 12.5. The van der Waals surface area contributed by atoms with Crippen molar-refractivity contribution in [3.63, 3.8) is 0 Å². The Labute approximate surface area is 109 Å². The van der Waals surface area contributed by atoms with E-state index in [0.717, 1.165) is 17.8 Å². The van der Waals surface area contributed by atoms with E-state index in [9.17, 15) is 9.90 Å². The van der Waals surface area contributed by atoms with E-state index in [4.69, 9.17) is 4.74 Å². The first-order valence-electron chi connectivity index (χ1n) is 7.23. The van der Waals surface area contributed by atoms with Crippen molar-refractivity contribution in [2.75, 3.05) is 7.11 Å². The molecule has 4 aliphatic carbocycles. The number of carbonyl (C=O) groups is 1. The van der Waals surface area contributed by atoms with Gasteiger partial charge in [0.1, 0.15) is 0 Å². The number of hydrogen-bond acceptors (Lipinski definition) is 2. The molecule has 4 rings (SSSR count). The highest BCUT2D eigenvalue weighted by atomic mass is 16.5. The van der Waals surface area contributed by atoms with Gasteiger partial charge in [0.15, 0.2) is 5.60 Å². The van der Waals surface area contributed by atoms with Gasteiger partial charge in [-0.2, -0.15) is 0 Å². The largest absolute Gasteiger partial charge is 0.479 e. The fraction of sp³-hybridized carbons (Fsp3) is 0.933. The third-order valence-corrected chi connectivity index (χ3v) is 5.78. The summed E-state index contributed by atoms with van der Waals surface area (Å²) < 4.78 is 5.34. The van der Waals surface area contributed by atoms with Crippen LogP contribution in [0.4, 0.5) is 0 Å². The molecule has 0 amide bonds. The molecule has 18 heavy (non-hydrogen) atoms. The molecule has 0 heterocycles. The molecule has 3 nitrogen and oxygen atoms in total. The molecule has 1 atom stereocenters. The Morgan fingerprint density at radius 2 is 1.67 bits per heavy atom. The Bertz CT molecular complexity index is 327. The summed E-state index contributed by atoms with van der Waals surface area (Å²) in [4.78, 5) is 11.5. The molecular formula is C15H24O3. The summed E-state index contributed by atoms with van der Waals surface area (Å²) in [7, 11) is 1.54. The number of aliphatic carboxylic acids is 1. The molecule has 3 heteroatoms. The van der Waals surface area contributed by atoms with Gasteiger partial charge in [-0.15, -0.1) is 0 Å². The molecule has 4 aliphatic rings. The summed E-state index contributed by atoms with van der Waals surface area (Å²) in [5.41, 5.74) is -0.733. The zero-order valence-electron chi connectivity index (χ0n) is 11.4. The van der Waals surface area contributed by atoms with Gasteiger partial charge in [-0.3, -0.25) is 0 Å². The molecule has 1 unspecified atom stereocenters. The third-order valence-electron chi connectivity index (χ3n) is 5.78. The van der Waals surface area contributed by atoms with Gasteiger partial charge in [-0.25, -0.2) is 4.79 Å². The van der Waals surface area contributed by atoms with E-state index in [1.807, 2.05) is 0 Å². The second-order valence-corrected chi connectivity index (χ2v) is 7.33. The maximum atomic E-state index is 11.5. The van der Waals surface area contributed by atoms with E-state index in [-0.39, 0.29) is 5.41 Å². The second kappa shape index (κ2) is 3.96. The summed E-state index contributed by atoms with van der Waals surface area (Å²) in [5.74, 6) is 1.80. The fourth-order valence-corrected chi connectivity index (χ4v) is 5.46. The Morgan fingerprint density at radius 1 is 1.22 bits per heavy atom. The summed E-state index contributed by atoms with van der Waals surface area (Å²) in [6.45, 7) is 1.74. The van der Waals surface area contributed by atoms with Crippen LogP contribution in [0, 0.1) is 23.2 Å². The molecule has 0 radical (unpaired) electrons. The van der Waals surface area contributed by atoms with Crippen LogP contribution in [0.3, 0.4) is 0 Å². The zero-order valence-corrected chi connectivity index (χ0v) is 11.4. The molecule has 4 saturated carbocycles. The van der Waals surface area contributed by atoms with E-state index in [0.29, 0.717) is 6.42 Å². The molecule has 4 fully saturated rings. The maximum absolute atomic E-state index is 11.5. The third kappa shape index (κ3) is 1.87. The van der Waals surface area contributed by atoms with Crippen molar-refractivity contribution >= 4 is 5.97 Å². The molecule has 0 saturated heterocycles. The number of rotatable bonds is 4. The normalized spacial score (nSPS) is 44.9. The molecule has 0 aromatic heterocycles. The van der Waals surface area contributed by atoms with Gasteiger partial charge < -0.3 is 9.84 Å². The summed E-state index contributed by atoms with van der Waals surface area (Å²) in [5, 5.41) is 9.41. The number of carboxylic acid groups (broad SMARTS) is 1. The van der Waals surface area contributed by atoms with E-state index >= 15 is 0 Å². The van der Waals surface area contributed by atoms with E-state index < -0.39 is 11.6 Å². The van der Waals surface area contributed by atoms with Crippen LogP contribution >= 0.6 is 0 Å². The topological polar surface area (TPSA) is 46.5 Å².